The number of anilines is 2. The molecular weight excluding hydrogens is 426 g/mol. The third-order valence-electron chi connectivity index (χ3n) is 4.60. The summed E-state index contributed by atoms with van der Waals surface area (Å²) >= 11 is 6.06. The number of carbonyl (C=O) groups is 2. The zero-order valence-electron chi connectivity index (χ0n) is 17.3. The number of benzene rings is 2. The lowest BCUT2D eigenvalue weighted by molar-refractivity contribution is -0.121. The van der Waals surface area contributed by atoms with E-state index in [9.17, 15) is 18.4 Å². The number of carbonyl (C=O) groups excluding carboxylic acids is 2. The van der Waals surface area contributed by atoms with Crippen LogP contribution in [0.15, 0.2) is 36.4 Å². The Labute approximate surface area is 185 Å². The number of nitriles is 1. The van der Waals surface area contributed by atoms with Gasteiger partial charge in [0.1, 0.15) is 17.3 Å². The number of nitrogens with zero attached hydrogens (tertiary/aromatic N) is 3. The maximum absolute atomic E-state index is 13.7. The van der Waals surface area contributed by atoms with Crippen LogP contribution >= 0.6 is 11.6 Å². The summed E-state index contributed by atoms with van der Waals surface area (Å²) in [5, 5.41) is 11.7. The van der Waals surface area contributed by atoms with Crippen molar-refractivity contribution in [3.05, 3.63) is 58.6 Å². The first-order valence-corrected chi connectivity index (χ1v) is 10.0. The Morgan fingerprint density at radius 3 is 2.42 bits per heavy atom. The lowest BCUT2D eigenvalue weighted by atomic mass is 10.2. The first-order chi connectivity index (χ1) is 14.8. The van der Waals surface area contributed by atoms with Gasteiger partial charge in [-0.3, -0.25) is 14.5 Å². The van der Waals surface area contributed by atoms with E-state index in [2.05, 4.69) is 5.32 Å². The second kappa shape index (κ2) is 11.4. The normalized spacial score (nSPS) is 10.6. The van der Waals surface area contributed by atoms with Gasteiger partial charge in [-0.05, 0) is 49.4 Å². The highest BCUT2D eigenvalue weighted by Gasteiger charge is 2.21. The van der Waals surface area contributed by atoms with E-state index in [4.69, 9.17) is 16.9 Å². The van der Waals surface area contributed by atoms with Crippen LogP contribution in [0.25, 0.3) is 0 Å². The van der Waals surface area contributed by atoms with Gasteiger partial charge in [-0.2, -0.15) is 5.26 Å². The van der Waals surface area contributed by atoms with Gasteiger partial charge in [-0.1, -0.05) is 24.6 Å². The summed E-state index contributed by atoms with van der Waals surface area (Å²) in [5.41, 5.74) is 0.853. The maximum Gasteiger partial charge on any atom is 0.241 e. The Morgan fingerprint density at radius 2 is 1.84 bits per heavy atom. The minimum Gasteiger partial charge on any atom is -0.320 e. The van der Waals surface area contributed by atoms with E-state index in [0.29, 0.717) is 17.3 Å². The molecule has 0 aliphatic carbocycles. The minimum absolute atomic E-state index is 0.114. The SMILES string of the molecule is CCN(CC(=O)Nc1c(F)cccc1F)CC(=O)N(CCC#N)c1ccc(Cl)c(C)c1. The topological polar surface area (TPSA) is 76.4 Å². The number of likely N-dealkylation sites (N-methyl/N-ethyl adjacent to an activating group) is 1. The van der Waals surface area contributed by atoms with Gasteiger partial charge in [0.05, 0.1) is 25.6 Å². The second-order valence-electron chi connectivity index (χ2n) is 6.84. The first-order valence-electron chi connectivity index (χ1n) is 9.66. The maximum atomic E-state index is 13.7. The molecule has 0 aromatic heterocycles. The predicted octanol–water partition coefficient (Wildman–Crippen LogP) is 4.13. The molecule has 0 saturated carbocycles. The Morgan fingerprint density at radius 1 is 1.16 bits per heavy atom. The van der Waals surface area contributed by atoms with Crippen molar-refractivity contribution in [3.63, 3.8) is 0 Å². The molecule has 9 heteroatoms. The summed E-state index contributed by atoms with van der Waals surface area (Å²) in [6, 6.07) is 10.4. The monoisotopic (exact) mass is 448 g/mol. The molecule has 0 fully saturated rings. The van der Waals surface area contributed by atoms with Gasteiger partial charge in [0.2, 0.25) is 11.8 Å². The number of halogens is 3. The first kappa shape index (κ1) is 24.3. The fourth-order valence-electron chi connectivity index (χ4n) is 2.91. The van der Waals surface area contributed by atoms with Crippen molar-refractivity contribution < 1.29 is 18.4 Å². The lowest BCUT2D eigenvalue weighted by Gasteiger charge is -2.26. The van der Waals surface area contributed by atoms with Crippen molar-refractivity contribution in [1.82, 2.24) is 4.90 Å². The molecule has 0 bridgehead atoms. The van der Waals surface area contributed by atoms with Crippen molar-refractivity contribution >= 4 is 34.8 Å². The van der Waals surface area contributed by atoms with Gasteiger partial charge < -0.3 is 10.2 Å². The van der Waals surface area contributed by atoms with Crippen molar-refractivity contribution in [3.8, 4) is 6.07 Å². The molecular formula is C22H23ClF2N4O2. The predicted molar refractivity (Wildman–Crippen MR) is 116 cm³/mol. The summed E-state index contributed by atoms with van der Waals surface area (Å²) in [6.45, 7) is 3.75. The number of aryl methyl sites for hydroxylation is 1. The molecule has 0 saturated heterocycles. The van der Waals surface area contributed by atoms with Gasteiger partial charge >= 0.3 is 0 Å². The number of hydrogen-bond donors (Lipinski definition) is 1. The molecule has 0 atom stereocenters. The van der Waals surface area contributed by atoms with Crippen molar-refractivity contribution in [2.75, 3.05) is 36.4 Å². The zero-order chi connectivity index (χ0) is 23.0. The fourth-order valence-corrected chi connectivity index (χ4v) is 3.03. The van der Waals surface area contributed by atoms with Gasteiger partial charge in [0, 0.05) is 17.3 Å². The average molecular weight is 449 g/mol. The van der Waals surface area contributed by atoms with Gasteiger partial charge in [-0.25, -0.2) is 8.78 Å². The Balaban J connectivity index is 2.10. The number of para-hydroxylation sites is 1. The molecule has 0 aliphatic rings. The molecule has 6 nitrogen and oxygen atoms in total. The molecule has 0 unspecified atom stereocenters. The smallest absolute Gasteiger partial charge is 0.241 e. The van der Waals surface area contributed by atoms with Crippen molar-refractivity contribution in [2.45, 2.75) is 20.3 Å². The number of nitrogens with one attached hydrogen (secondary N) is 1. The minimum atomic E-state index is -0.881. The molecule has 2 aromatic rings. The van der Waals surface area contributed by atoms with E-state index >= 15 is 0 Å². The highest BCUT2D eigenvalue weighted by Crippen LogP contribution is 2.23. The average Bonchev–Trinajstić information content (AvgIpc) is 2.73. The molecule has 2 aromatic carbocycles. The van der Waals surface area contributed by atoms with E-state index < -0.39 is 23.2 Å². The highest BCUT2D eigenvalue weighted by atomic mass is 35.5. The Kier molecular flexibility index (Phi) is 8.91. The van der Waals surface area contributed by atoms with Gasteiger partial charge in [0.15, 0.2) is 0 Å². The van der Waals surface area contributed by atoms with Crippen LogP contribution in [0.4, 0.5) is 20.2 Å². The summed E-state index contributed by atoms with van der Waals surface area (Å²) in [4.78, 5) is 28.2. The van der Waals surface area contributed by atoms with Crippen LogP contribution in [0.3, 0.4) is 0 Å². The lowest BCUT2D eigenvalue weighted by Crippen LogP contribution is -2.43. The van der Waals surface area contributed by atoms with Crippen LogP contribution in [-0.4, -0.2) is 42.9 Å². The van der Waals surface area contributed by atoms with Crippen LogP contribution in [0.2, 0.25) is 5.02 Å². The summed E-state index contributed by atoms with van der Waals surface area (Å²) in [6.07, 6.45) is 0.132. The molecule has 0 aliphatic heterocycles. The third kappa shape index (κ3) is 6.74. The molecule has 0 spiro atoms. The van der Waals surface area contributed by atoms with Crippen LogP contribution < -0.4 is 10.2 Å². The van der Waals surface area contributed by atoms with E-state index in [-0.39, 0.29) is 32.0 Å². The van der Waals surface area contributed by atoms with Crippen LogP contribution in [0.5, 0.6) is 0 Å². The molecule has 1 N–H and O–H groups in total. The molecule has 31 heavy (non-hydrogen) atoms. The van der Waals surface area contributed by atoms with Crippen LogP contribution in [-0.2, 0) is 9.59 Å². The summed E-state index contributed by atoms with van der Waals surface area (Å²) in [5.74, 6) is -2.73. The molecule has 164 valence electrons. The highest BCUT2D eigenvalue weighted by molar-refractivity contribution is 6.31. The molecule has 0 heterocycles. The summed E-state index contributed by atoms with van der Waals surface area (Å²) < 4.78 is 27.5. The molecule has 2 rings (SSSR count). The van der Waals surface area contributed by atoms with E-state index in [1.54, 1.807) is 30.0 Å². The summed E-state index contributed by atoms with van der Waals surface area (Å²) in [7, 11) is 0. The standard InChI is InChI=1S/C22H23ClF2N4O2/c1-3-28(13-20(30)27-22-18(24)6-4-7-19(22)25)14-21(31)29(11-5-10-26)16-8-9-17(23)15(2)12-16/h4,6-9,12H,3,5,11,13-14H2,1-2H3,(H,27,30). The third-order valence-corrected chi connectivity index (χ3v) is 5.03. The van der Waals surface area contributed by atoms with E-state index in [1.165, 1.54) is 11.0 Å². The van der Waals surface area contributed by atoms with E-state index in [1.807, 2.05) is 13.0 Å². The Bertz CT molecular complexity index is 974. The quantitative estimate of drug-likeness (QED) is 0.625. The van der Waals surface area contributed by atoms with Crippen molar-refractivity contribution in [1.29, 1.82) is 5.26 Å². The number of amides is 2. The number of hydrogen-bond acceptors (Lipinski definition) is 4. The second-order valence-corrected chi connectivity index (χ2v) is 7.24. The largest absolute Gasteiger partial charge is 0.320 e. The van der Waals surface area contributed by atoms with Crippen LogP contribution in [0, 0.1) is 29.9 Å². The fraction of sp³-hybridized carbons (Fsp3) is 0.318. The van der Waals surface area contributed by atoms with Crippen LogP contribution in [0.1, 0.15) is 18.9 Å². The zero-order valence-corrected chi connectivity index (χ0v) is 18.0. The van der Waals surface area contributed by atoms with Crippen molar-refractivity contribution in [2.24, 2.45) is 0 Å². The molecule has 2 amide bonds. The van der Waals surface area contributed by atoms with Gasteiger partial charge in [-0.15, -0.1) is 0 Å². The molecule has 0 radical (unpaired) electrons. The number of rotatable bonds is 9. The van der Waals surface area contributed by atoms with Gasteiger partial charge in [0.25, 0.3) is 0 Å². The van der Waals surface area contributed by atoms with E-state index in [0.717, 1.165) is 17.7 Å². The Hall–Kier alpha value is -3.02.